The number of rotatable bonds is 4. The van der Waals surface area contributed by atoms with E-state index in [0.29, 0.717) is 12.4 Å². The van der Waals surface area contributed by atoms with Crippen molar-refractivity contribution in [3.05, 3.63) is 53.9 Å². The Morgan fingerprint density at radius 2 is 2.00 bits per heavy atom. The lowest BCUT2D eigenvalue weighted by Crippen LogP contribution is -2.14. The summed E-state index contributed by atoms with van der Waals surface area (Å²) in [7, 11) is 0. The number of nitrogens with one attached hydrogen (secondary N) is 1. The number of nitrogens with zero attached hydrogens (tertiary/aromatic N) is 2. The van der Waals surface area contributed by atoms with Crippen LogP contribution >= 0.6 is 0 Å². The summed E-state index contributed by atoms with van der Waals surface area (Å²) in [4.78, 5) is 19.6. The number of hydrogen-bond donors (Lipinski definition) is 1. The fourth-order valence-corrected chi connectivity index (χ4v) is 1.68. The van der Waals surface area contributed by atoms with Gasteiger partial charge in [-0.1, -0.05) is 29.8 Å². The van der Waals surface area contributed by atoms with E-state index in [2.05, 4.69) is 21.4 Å². The molecule has 18 heavy (non-hydrogen) atoms. The molecule has 0 saturated carbocycles. The van der Waals surface area contributed by atoms with Crippen LogP contribution in [0.25, 0.3) is 0 Å². The predicted molar refractivity (Wildman–Crippen MR) is 70.2 cm³/mol. The molecular formula is C14H15N3O. The summed E-state index contributed by atoms with van der Waals surface area (Å²) in [5, 5.41) is 2.67. The first kappa shape index (κ1) is 12.2. The highest BCUT2D eigenvalue weighted by Crippen LogP contribution is 2.07. The lowest BCUT2D eigenvalue weighted by Gasteiger charge is -2.04. The van der Waals surface area contributed by atoms with Crippen molar-refractivity contribution in [3.63, 3.8) is 0 Å². The minimum atomic E-state index is -0.0669. The summed E-state index contributed by atoms with van der Waals surface area (Å²) in [5.74, 6) is 0.287. The Morgan fingerprint density at radius 3 is 2.72 bits per heavy atom. The van der Waals surface area contributed by atoms with Gasteiger partial charge in [-0.05, 0) is 25.0 Å². The van der Waals surface area contributed by atoms with Gasteiger partial charge in [-0.25, -0.2) is 9.97 Å². The minimum absolute atomic E-state index is 0.0669. The Balaban J connectivity index is 1.85. The number of carbonyl (C=O) groups excluding carboxylic acids is 1. The smallest absolute Gasteiger partial charge is 0.229 e. The maximum absolute atomic E-state index is 11.7. The van der Waals surface area contributed by atoms with Gasteiger partial charge in [0.1, 0.15) is 0 Å². The third kappa shape index (κ3) is 3.66. The van der Waals surface area contributed by atoms with Gasteiger partial charge in [0.25, 0.3) is 0 Å². The van der Waals surface area contributed by atoms with Gasteiger partial charge in [0, 0.05) is 18.8 Å². The summed E-state index contributed by atoms with van der Waals surface area (Å²) in [6.45, 7) is 2.04. The number of amides is 1. The van der Waals surface area contributed by atoms with Crippen LogP contribution < -0.4 is 5.32 Å². The average molecular weight is 241 g/mol. The maximum Gasteiger partial charge on any atom is 0.229 e. The number of hydrogen-bond acceptors (Lipinski definition) is 3. The number of anilines is 1. The molecule has 0 fully saturated rings. The highest BCUT2D eigenvalue weighted by Gasteiger charge is 2.04. The summed E-state index contributed by atoms with van der Waals surface area (Å²) in [6, 6.07) is 9.87. The molecule has 0 unspecified atom stereocenters. The average Bonchev–Trinajstić information content (AvgIpc) is 2.38. The van der Waals surface area contributed by atoms with Crippen molar-refractivity contribution in [2.75, 3.05) is 5.32 Å². The first-order chi connectivity index (χ1) is 8.74. The molecule has 0 saturated heterocycles. The van der Waals surface area contributed by atoms with E-state index in [1.807, 2.05) is 25.1 Å². The molecular weight excluding hydrogens is 226 g/mol. The number of carbonyl (C=O) groups is 1. The molecule has 2 rings (SSSR count). The van der Waals surface area contributed by atoms with Gasteiger partial charge in [-0.15, -0.1) is 0 Å². The molecule has 1 N–H and O–H groups in total. The van der Waals surface area contributed by atoms with Crippen molar-refractivity contribution in [2.24, 2.45) is 0 Å². The lowest BCUT2D eigenvalue weighted by atomic mass is 10.1. The van der Waals surface area contributed by atoms with Gasteiger partial charge < -0.3 is 0 Å². The maximum atomic E-state index is 11.7. The topological polar surface area (TPSA) is 54.9 Å². The Morgan fingerprint density at radius 1 is 1.22 bits per heavy atom. The van der Waals surface area contributed by atoms with E-state index < -0.39 is 0 Å². The van der Waals surface area contributed by atoms with Crippen LogP contribution in [0.4, 0.5) is 5.95 Å². The molecule has 1 amide bonds. The van der Waals surface area contributed by atoms with Crippen molar-refractivity contribution in [1.82, 2.24) is 9.97 Å². The van der Waals surface area contributed by atoms with Crippen LogP contribution in [0.3, 0.4) is 0 Å². The highest BCUT2D eigenvalue weighted by molar-refractivity contribution is 5.88. The Hall–Kier alpha value is -2.23. The van der Waals surface area contributed by atoms with E-state index in [1.165, 1.54) is 11.1 Å². The van der Waals surface area contributed by atoms with Gasteiger partial charge in [0.15, 0.2) is 0 Å². The van der Waals surface area contributed by atoms with Crippen LogP contribution in [0.5, 0.6) is 0 Å². The summed E-state index contributed by atoms with van der Waals surface area (Å²) < 4.78 is 0. The van der Waals surface area contributed by atoms with Crippen LogP contribution in [0.1, 0.15) is 17.5 Å². The molecule has 0 aliphatic rings. The summed E-state index contributed by atoms with van der Waals surface area (Å²) in [5.41, 5.74) is 2.37. The van der Waals surface area contributed by atoms with E-state index in [4.69, 9.17) is 0 Å². The normalized spacial score (nSPS) is 10.1. The number of benzene rings is 1. The molecule has 1 heterocycles. The minimum Gasteiger partial charge on any atom is -0.295 e. The summed E-state index contributed by atoms with van der Waals surface area (Å²) in [6.07, 6.45) is 4.36. The zero-order valence-electron chi connectivity index (χ0n) is 10.3. The van der Waals surface area contributed by atoms with Gasteiger partial charge in [-0.3, -0.25) is 10.1 Å². The summed E-state index contributed by atoms with van der Waals surface area (Å²) >= 11 is 0. The standard InChI is InChI=1S/C14H15N3O/c1-11-4-2-5-12(10-11)6-7-13(18)17-14-15-8-3-9-16-14/h2-5,8-10H,6-7H2,1H3,(H,15,16,17,18). The second kappa shape index (κ2) is 5.91. The fourth-order valence-electron chi connectivity index (χ4n) is 1.68. The van der Waals surface area contributed by atoms with Gasteiger partial charge in [-0.2, -0.15) is 0 Å². The van der Waals surface area contributed by atoms with Crippen molar-refractivity contribution in [2.45, 2.75) is 19.8 Å². The third-order valence-electron chi connectivity index (χ3n) is 2.54. The molecule has 0 aliphatic carbocycles. The molecule has 0 spiro atoms. The van der Waals surface area contributed by atoms with Crippen molar-refractivity contribution >= 4 is 11.9 Å². The van der Waals surface area contributed by atoms with Crippen molar-refractivity contribution in [3.8, 4) is 0 Å². The van der Waals surface area contributed by atoms with Crippen LogP contribution in [0.2, 0.25) is 0 Å². The largest absolute Gasteiger partial charge is 0.295 e. The molecule has 2 aromatic rings. The van der Waals surface area contributed by atoms with E-state index in [9.17, 15) is 4.79 Å². The lowest BCUT2D eigenvalue weighted by molar-refractivity contribution is -0.116. The van der Waals surface area contributed by atoms with Crippen molar-refractivity contribution < 1.29 is 4.79 Å². The molecule has 0 atom stereocenters. The second-order valence-electron chi connectivity index (χ2n) is 4.11. The molecule has 92 valence electrons. The second-order valence-corrected chi connectivity index (χ2v) is 4.11. The van der Waals surface area contributed by atoms with Gasteiger partial charge in [0.2, 0.25) is 11.9 Å². The molecule has 0 aliphatic heterocycles. The van der Waals surface area contributed by atoms with E-state index in [-0.39, 0.29) is 5.91 Å². The van der Waals surface area contributed by atoms with E-state index in [1.54, 1.807) is 18.5 Å². The third-order valence-corrected chi connectivity index (χ3v) is 2.54. The van der Waals surface area contributed by atoms with Gasteiger partial charge >= 0.3 is 0 Å². The number of aromatic nitrogens is 2. The molecule has 1 aromatic carbocycles. The Bertz CT molecular complexity index is 526. The Labute approximate surface area is 106 Å². The first-order valence-electron chi connectivity index (χ1n) is 5.86. The fraction of sp³-hybridized carbons (Fsp3) is 0.214. The molecule has 4 nitrogen and oxygen atoms in total. The van der Waals surface area contributed by atoms with Crippen molar-refractivity contribution in [1.29, 1.82) is 0 Å². The van der Waals surface area contributed by atoms with Crippen LogP contribution in [0.15, 0.2) is 42.7 Å². The quantitative estimate of drug-likeness (QED) is 0.894. The molecule has 1 aromatic heterocycles. The highest BCUT2D eigenvalue weighted by atomic mass is 16.1. The predicted octanol–water partition coefficient (Wildman–Crippen LogP) is 2.36. The molecule has 4 heteroatoms. The van der Waals surface area contributed by atoms with E-state index >= 15 is 0 Å². The van der Waals surface area contributed by atoms with Crippen LogP contribution in [-0.2, 0) is 11.2 Å². The SMILES string of the molecule is Cc1cccc(CCC(=O)Nc2ncccn2)c1. The Kier molecular flexibility index (Phi) is 4.02. The van der Waals surface area contributed by atoms with Crippen LogP contribution in [0, 0.1) is 6.92 Å². The molecule has 0 bridgehead atoms. The first-order valence-corrected chi connectivity index (χ1v) is 5.86. The zero-order chi connectivity index (χ0) is 12.8. The van der Waals surface area contributed by atoms with Crippen LogP contribution in [-0.4, -0.2) is 15.9 Å². The zero-order valence-corrected chi connectivity index (χ0v) is 10.3. The van der Waals surface area contributed by atoms with Gasteiger partial charge in [0.05, 0.1) is 0 Å². The molecule has 0 radical (unpaired) electrons. The number of aryl methyl sites for hydroxylation is 2. The van der Waals surface area contributed by atoms with E-state index in [0.717, 1.165) is 6.42 Å². The monoisotopic (exact) mass is 241 g/mol.